The lowest BCUT2D eigenvalue weighted by Gasteiger charge is -2.34. The van der Waals surface area contributed by atoms with Crippen LogP contribution in [-0.4, -0.2) is 17.7 Å². The first kappa shape index (κ1) is 17.0. The molecule has 0 radical (unpaired) electrons. The molecule has 3 aromatic carbocycles. The predicted octanol–water partition coefficient (Wildman–Crippen LogP) is 4.95. The smallest absolute Gasteiger partial charge is 0.150 e. The average molecular weight is 357 g/mol. The summed E-state index contributed by atoms with van der Waals surface area (Å²) in [4.78, 5) is 24.5. The summed E-state index contributed by atoms with van der Waals surface area (Å²) in [6.07, 6.45) is 3.14. The van der Waals surface area contributed by atoms with E-state index in [1.54, 1.807) is 18.2 Å². The van der Waals surface area contributed by atoms with Gasteiger partial charge in [-0.25, -0.2) is 0 Å². The van der Waals surface area contributed by atoms with Crippen molar-refractivity contribution < 1.29 is 14.7 Å². The Balaban J connectivity index is 1.98. The Bertz CT molecular complexity index is 998. The zero-order valence-corrected chi connectivity index (χ0v) is 15.0. The zero-order valence-electron chi connectivity index (χ0n) is 15.0. The molecule has 1 aliphatic heterocycles. The van der Waals surface area contributed by atoms with Gasteiger partial charge in [0.2, 0.25) is 0 Å². The lowest BCUT2D eigenvalue weighted by molar-refractivity contribution is 0.111. The Labute approximate surface area is 157 Å². The van der Waals surface area contributed by atoms with Crippen molar-refractivity contribution in [3.05, 3.63) is 82.4 Å². The van der Waals surface area contributed by atoms with E-state index in [-0.39, 0.29) is 5.75 Å². The van der Waals surface area contributed by atoms with Crippen molar-refractivity contribution in [3.8, 4) is 5.75 Å². The number of fused-ring (bicyclic) bond motifs is 2. The van der Waals surface area contributed by atoms with Crippen LogP contribution in [0.25, 0.3) is 0 Å². The minimum atomic E-state index is 0.185. The van der Waals surface area contributed by atoms with Crippen molar-refractivity contribution in [1.82, 2.24) is 0 Å². The maximum absolute atomic E-state index is 11.2. The standard InChI is InChI=1S/C23H19NO3/c1-2-15-5-8-23(27)22(11-15)24-20-6-3-16(13-25)9-18(20)12-19-10-17(14-26)4-7-21(19)24/h3-11,13-14,27H,2,12H2,1H3. The largest absolute Gasteiger partial charge is 0.506 e. The number of phenols is 1. The second kappa shape index (κ2) is 6.72. The number of aromatic hydroxyl groups is 1. The van der Waals surface area contributed by atoms with Crippen molar-refractivity contribution >= 4 is 29.6 Å². The maximum Gasteiger partial charge on any atom is 0.150 e. The average Bonchev–Trinajstić information content (AvgIpc) is 2.71. The number of nitrogens with zero attached hydrogens (tertiary/aromatic N) is 1. The van der Waals surface area contributed by atoms with E-state index in [9.17, 15) is 14.7 Å². The van der Waals surface area contributed by atoms with Crippen molar-refractivity contribution in [1.29, 1.82) is 0 Å². The van der Waals surface area contributed by atoms with Crippen LogP contribution in [-0.2, 0) is 12.8 Å². The lowest BCUT2D eigenvalue weighted by Crippen LogP contribution is -2.19. The van der Waals surface area contributed by atoms with Crippen LogP contribution in [0.1, 0.15) is 44.3 Å². The van der Waals surface area contributed by atoms with Crippen LogP contribution in [0.5, 0.6) is 5.75 Å². The van der Waals surface area contributed by atoms with Gasteiger partial charge in [0.15, 0.2) is 0 Å². The Kier molecular flexibility index (Phi) is 4.24. The summed E-state index contributed by atoms with van der Waals surface area (Å²) in [5.41, 5.74) is 6.84. The fraction of sp³-hybridized carbons (Fsp3) is 0.130. The van der Waals surface area contributed by atoms with Gasteiger partial charge in [0.05, 0.1) is 5.69 Å². The van der Waals surface area contributed by atoms with E-state index >= 15 is 0 Å². The third-order valence-electron chi connectivity index (χ3n) is 5.03. The molecule has 0 unspecified atom stereocenters. The third kappa shape index (κ3) is 2.89. The van der Waals surface area contributed by atoms with Gasteiger partial charge in [-0.05, 0) is 71.6 Å². The fourth-order valence-corrected chi connectivity index (χ4v) is 3.64. The molecule has 4 nitrogen and oxygen atoms in total. The second-order valence-electron chi connectivity index (χ2n) is 6.70. The monoisotopic (exact) mass is 357 g/mol. The van der Waals surface area contributed by atoms with Crippen LogP contribution in [0, 0.1) is 0 Å². The molecule has 0 bridgehead atoms. The van der Waals surface area contributed by atoms with Gasteiger partial charge < -0.3 is 10.0 Å². The topological polar surface area (TPSA) is 57.6 Å². The molecule has 0 saturated carbocycles. The van der Waals surface area contributed by atoms with E-state index in [0.717, 1.165) is 47.1 Å². The highest BCUT2D eigenvalue weighted by atomic mass is 16.3. The van der Waals surface area contributed by atoms with Gasteiger partial charge >= 0.3 is 0 Å². The number of phenolic OH excluding ortho intramolecular Hbond substituents is 1. The molecule has 27 heavy (non-hydrogen) atoms. The summed E-state index contributed by atoms with van der Waals surface area (Å²) in [6.45, 7) is 2.07. The maximum atomic E-state index is 11.2. The predicted molar refractivity (Wildman–Crippen MR) is 106 cm³/mol. The minimum absolute atomic E-state index is 0.185. The highest BCUT2D eigenvalue weighted by Crippen LogP contribution is 2.47. The fourth-order valence-electron chi connectivity index (χ4n) is 3.64. The summed E-state index contributed by atoms with van der Waals surface area (Å²) >= 11 is 0. The summed E-state index contributed by atoms with van der Waals surface area (Å²) in [6, 6.07) is 16.7. The molecule has 0 amide bonds. The molecule has 3 aromatic rings. The molecule has 0 aromatic heterocycles. The molecule has 0 atom stereocenters. The van der Waals surface area contributed by atoms with E-state index in [1.165, 1.54) is 0 Å². The van der Waals surface area contributed by atoms with Crippen LogP contribution in [0.2, 0.25) is 0 Å². The number of anilines is 3. The van der Waals surface area contributed by atoms with Crippen molar-refractivity contribution in [3.63, 3.8) is 0 Å². The third-order valence-corrected chi connectivity index (χ3v) is 5.03. The first-order valence-corrected chi connectivity index (χ1v) is 8.93. The van der Waals surface area contributed by atoms with Gasteiger partial charge in [-0.2, -0.15) is 0 Å². The quantitative estimate of drug-likeness (QED) is 0.525. The van der Waals surface area contributed by atoms with Crippen LogP contribution in [0.15, 0.2) is 54.6 Å². The molecule has 1 aliphatic rings. The summed E-state index contributed by atoms with van der Waals surface area (Å²) < 4.78 is 0. The van der Waals surface area contributed by atoms with Crippen LogP contribution in [0.4, 0.5) is 17.1 Å². The molecular formula is C23H19NO3. The van der Waals surface area contributed by atoms with Gasteiger partial charge in [-0.15, -0.1) is 0 Å². The number of rotatable bonds is 4. The van der Waals surface area contributed by atoms with Crippen LogP contribution >= 0.6 is 0 Å². The molecule has 0 fully saturated rings. The number of hydrogen-bond donors (Lipinski definition) is 1. The molecule has 4 heteroatoms. The highest BCUT2D eigenvalue weighted by Gasteiger charge is 2.26. The molecule has 1 N–H and O–H groups in total. The van der Waals surface area contributed by atoms with E-state index < -0.39 is 0 Å². The Hall–Kier alpha value is -3.40. The van der Waals surface area contributed by atoms with E-state index in [4.69, 9.17) is 0 Å². The Morgan fingerprint density at radius 1 is 0.852 bits per heavy atom. The highest BCUT2D eigenvalue weighted by molar-refractivity contribution is 5.89. The second-order valence-corrected chi connectivity index (χ2v) is 6.70. The van der Waals surface area contributed by atoms with Gasteiger partial charge in [0.1, 0.15) is 18.3 Å². The summed E-state index contributed by atoms with van der Waals surface area (Å²) in [5.74, 6) is 0.185. The number of carbonyl (C=O) groups excluding carboxylic acids is 2. The van der Waals surface area contributed by atoms with Crippen LogP contribution in [0.3, 0.4) is 0 Å². The van der Waals surface area contributed by atoms with Crippen LogP contribution < -0.4 is 4.90 Å². The van der Waals surface area contributed by atoms with Gasteiger partial charge in [0.25, 0.3) is 0 Å². The first-order chi connectivity index (χ1) is 13.1. The molecule has 134 valence electrons. The van der Waals surface area contributed by atoms with E-state index in [0.29, 0.717) is 23.2 Å². The van der Waals surface area contributed by atoms with Gasteiger partial charge in [-0.1, -0.05) is 13.0 Å². The summed E-state index contributed by atoms with van der Waals surface area (Å²) in [5, 5.41) is 10.6. The first-order valence-electron chi connectivity index (χ1n) is 8.93. The van der Waals surface area contributed by atoms with Crippen molar-refractivity contribution in [2.75, 3.05) is 4.90 Å². The SMILES string of the molecule is CCc1ccc(O)c(N2c3ccc(C=O)cc3Cc3cc(C=O)ccc32)c1. The van der Waals surface area contributed by atoms with E-state index in [1.807, 2.05) is 41.3 Å². The molecule has 0 aliphatic carbocycles. The van der Waals surface area contributed by atoms with Crippen molar-refractivity contribution in [2.45, 2.75) is 19.8 Å². The van der Waals surface area contributed by atoms with Gasteiger partial charge in [0, 0.05) is 28.9 Å². The number of hydrogen-bond acceptors (Lipinski definition) is 4. The number of benzene rings is 3. The minimum Gasteiger partial charge on any atom is -0.506 e. The molecule has 1 heterocycles. The molecule has 0 saturated heterocycles. The normalized spacial score (nSPS) is 12.3. The molecular weight excluding hydrogens is 338 g/mol. The lowest BCUT2D eigenvalue weighted by atomic mass is 9.92. The number of aryl methyl sites for hydroxylation is 1. The zero-order chi connectivity index (χ0) is 19.0. The molecule has 4 rings (SSSR count). The summed E-state index contributed by atoms with van der Waals surface area (Å²) in [7, 11) is 0. The molecule has 0 spiro atoms. The number of aldehydes is 2. The Morgan fingerprint density at radius 3 is 1.96 bits per heavy atom. The van der Waals surface area contributed by atoms with E-state index in [2.05, 4.69) is 6.92 Å². The number of carbonyl (C=O) groups is 2. The Morgan fingerprint density at radius 2 is 1.44 bits per heavy atom. The van der Waals surface area contributed by atoms with Crippen molar-refractivity contribution in [2.24, 2.45) is 0 Å². The van der Waals surface area contributed by atoms with Gasteiger partial charge in [-0.3, -0.25) is 9.59 Å².